The smallest absolute Gasteiger partial charge is 0.108 e. The van der Waals surface area contributed by atoms with E-state index < -0.39 is 0 Å². The van der Waals surface area contributed by atoms with Crippen molar-refractivity contribution in [3.05, 3.63) is 114 Å². The van der Waals surface area contributed by atoms with Crippen molar-refractivity contribution in [2.24, 2.45) is 9.98 Å². The van der Waals surface area contributed by atoms with Gasteiger partial charge >= 0.3 is 0 Å². The van der Waals surface area contributed by atoms with Crippen LogP contribution >= 0.6 is 0 Å². The van der Waals surface area contributed by atoms with E-state index in [1.807, 2.05) is 19.3 Å². The maximum atomic E-state index is 4.97. The van der Waals surface area contributed by atoms with Crippen molar-refractivity contribution in [2.45, 2.75) is 40.0 Å². The lowest BCUT2D eigenvalue weighted by molar-refractivity contribution is 0.417. The van der Waals surface area contributed by atoms with Crippen LogP contribution in [0.25, 0.3) is 0 Å². The average Bonchev–Trinajstić information content (AvgIpc) is 2.93. The Kier molecular flexibility index (Phi) is 13.6. The number of allylic oxidation sites excluding steroid dienone is 5. The van der Waals surface area contributed by atoms with Crippen LogP contribution in [0.1, 0.15) is 43.4 Å². The molecule has 0 aliphatic carbocycles. The molecule has 2 rings (SSSR count). The van der Waals surface area contributed by atoms with E-state index in [4.69, 9.17) is 4.99 Å². The lowest BCUT2D eigenvalue weighted by Crippen LogP contribution is -2.28. The number of hydrogen-bond acceptors (Lipinski definition) is 7. The Morgan fingerprint density at radius 3 is 2.59 bits per heavy atom. The lowest BCUT2D eigenvalue weighted by Gasteiger charge is -2.33. The Bertz CT molecular complexity index is 1260. The number of aryl methyl sites for hydroxylation is 2. The summed E-state index contributed by atoms with van der Waals surface area (Å²) < 4.78 is 0. The zero-order chi connectivity index (χ0) is 30.4. The number of fused-ring (bicyclic) bond motifs is 1. The van der Waals surface area contributed by atoms with Crippen LogP contribution in [-0.2, 0) is 6.42 Å². The number of benzene rings is 1. The first-order valence-electron chi connectivity index (χ1n) is 14.1. The molecule has 1 aromatic carbocycles. The van der Waals surface area contributed by atoms with Crippen LogP contribution in [0.5, 0.6) is 0 Å². The standard InChI is InChI=1S/C34H49N7/c1-11-28(6)39-31(23-36-8)22-33(26(4)14-12-18-40(9)10)38-24-37-32(16-17-35-7)30-20-27(5)34-29(21-30)15-13-19-41(34)25(2)3/h11,14,16-17,20-23,36,38-39H,1-2,6-7,12-13,15,18-19,24H2,3-5,8-10H3/b17-16-,26-14-,31-23-,33-22+,37-32+. The maximum Gasteiger partial charge on any atom is 0.108 e. The van der Waals surface area contributed by atoms with Gasteiger partial charge in [0.05, 0.1) is 11.4 Å². The molecule has 0 bridgehead atoms. The molecule has 7 nitrogen and oxygen atoms in total. The molecule has 0 radical (unpaired) electrons. The van der Waals surface area contributed by atoms with Gasteiger partial charge in [0.2, 0.25) is 0 Å². The molecule has 0 unspecified atom stereocenters. The molecule has 1 heterocycles. The first-order chi connectivity index (χ1) is 19.6. The van der Waals surface area contributed by atoms with Crippen LogP contribution in [0.2, 0.25) is 0 Å². The van der Waals surface area contributed by atoms with Gasteiger partial charge in [-0.05, 0) is 108 Å². The summed E-state index contributed by atoms with van der Waals surface area (Å²) in [6, 6.07) is 4.46. The Hall–Kier alpha value is -4.10. The van der Waals surface area contributed by atoms with Gasteiger partial charge in [0, 0.05) is 60.9 Å². The second-order valence-electron chi connectivity index (χ2n) is 10.4. The van der Waals surface area contributed by atoms with Gasteiger partial charge in [-0.25, -0.2) is 0 Å². The molecule has 0 aromatic heterocycles. The Labute approximate surface area is 248 Å². The van der Waals surface area contributed by atoms with Crippen LogP contribution < -0.4 is 20.9 Å². The van der Waals surface area contributed by atoms with Gasteiger partial charge in [0.1, 0.15) is 6.67 Å². The molecule has 0 fully saturated rings. The van der Waals surface area contributed by atoms with E-state index in [0.29, 0.717) is 12.4 Å². The van der Waals surface area contributed by atoms with Gasteiger partial charge in [-0.3, -0.25) is 9.98 Å². The highest BCUT2D eigenvalue weighted by Gasteiger charge is 2.21. The summed E-state index contributed by atoms with van der Waals surface area (Å²) in [5.74, 6) is 0. The number of nitrogens with one attached hydrogen (secondary N) is 3. The Balaban J connectivity index is 2.45. The third-order valence-electron chi connectivity index (χ3n) is 6.69. The summed E-state index contributed by atoms with van der Waals surface area (Å²) in [6.07, 6.45) is 14.6. The van der Waals surface area contributed by atoms with Crippen LogP contribution in [-0.4, -0.2) is 58.2 Å². The van der Waals surface area contributed by atoms with E-state index in [0.717, 1.165) is 66.3 Å². The highest BCUT2D eigenvalue weighted by atomic mass is 15.1. The van der Waals surface area contributed by atoms with Crippen molar-refractivity contribution in [3.63, 3.8) is 0 Å². The van der Waals surface area contributed by atoms with Crippen LogP contribution in [0.15, 0.2) is 107 Å². The Morgan fingerprint density at radius 2 is 1.95 bits per heavy atom. The third-order valence-corrected chi connectivity index (χ3v) is 6.69. The first-order valence-corrected chi connectivity index (χ1v) is 14.1. The van der Waals surface area contributed by atoms with Crippen LogP contribution in [0.3, 0.4) is 0 Å². The van der Waals surface area contributed by atoms with Gasteiger partial charge in [-0.1, -0.05) is 25.8 Å². The SMILES string of the molecule is C=CC(=C)NC(=C\NC)/C=C(NC/N=C(\C=C/N=C)c1cc(C)c2c(c1)CCCN2C(=C)C)\C(C)=C/CCN(C)C. The topological polar surface area (TPSA) is 67.3 Å². The molecule has 7 heteroatoms. The van der Waals surface area contributed by atoms with Crippen molar-refractivity contribution in [3.8, 4) is 0 Å². The van der Waals surface area contributed by atoms with E-state index in [9.17, 15) is 0 Å². The summed E-state index contributed by atoms with van der Waals surface area (Å²) in [7, 11) is 6.03. The number of hydrogen-bond donors (Lipinski definition) is 3. The minimum atomic E-state index is 0.380. The summed E-state index contributed by atoms with van der Waals surface area (Å²) in [6.45, 7) is 24.3. The zero-order valence-corrected chi connectivity index (χ0v) is 26.0. The monoisotopic (exact) mass is 555 g/mol. The highest BCUT2D eigenvalue weighted by Crippen LogP contribution is 2.34. The number of anilines is 1. The lowest BCUT2D eigenvalue weighted by atomic mass is 9.93. The molecule has 1 aliphatic rings. The van der Waals surface area contributed by atoms with Gasteiger partial charge in [-0.15, -0.1) is 0 Å². The van der Waals surface area contributed by atoms with Crippen molar-refractivity contribution in [2.75, 3.05) is 45.8 Å². The molecule has 0 spiro atoms. The predicted octanol–water partition coefficient (Wildman–Crippen LogP) is 5.96. The van der Waals surface area contributed by atoms with E-state index in [1.165, 1.54) is 16.8 Å². The molecule has 1 aromatic rings. The minimum absolute atomic E-state index is 0.380. The van der Waals surface area contributed by atoms with Crippen molar-refractivity contribution >= 4 is 18.1 Å². The largest absolute Gasteiger partial charge is 0.392 e. The number of aliphatic imine (C=N–C) groups is 2. The molecule has 1 aliphatic heterocycles. The molecule has 0 atom stereocenters. The fraction of sp³-hybridized carbons (Fsp3) is 0.353. The van der Waals surface area contributed by atoms with Crippen LogP contribution in [0.4, 0.5) is 5.69 Å². The average molecular weight is 556 g/mol. The maximum absolute atomic E-state index is 4.97. The summed E-state index contributed by atoms with van der Waals surface area (Å²) in [5.41, 5.74) is 10.5. The van der Waals surface area contributed by atoms with Crippen LogP contribution in [0, 0.1) is 6.92 Å². The van der Waals surface area contributed by atoms with Crippen molar-refractivity contribution in [1.29, 1.82) is 0 Å². The normalized spacial score (nSPS) is 14.7. The summed E-state index contributed by atoms with van der Waals surface area (Å²) in [4.78, 5) is 13.4. The highest BCUT2D eigenvalue weighted by molar-refractivity contribution is 6.09. The molecule has 0 amide bonds. The summed E-state index contributed by atoms with van der Waals surface area (Å²) in [5, 5.41) is 9.92. The fourth-order valence-electron chi connectivity index (χ4n) is 4.69. The molecular weight excluding hydrogens is 506 g/mol. The first kappa shape index (κ1) is 33.1. The quantitative estimate of drug-likeness (QED) is 0.173. The number of nitrogens with zero attached hydrogens (tertiary/aromatic N) is 4. The van der Waals surface area contributed by atoms with E-state index in [-0.39, 0.29) is 0 Å². The second kappa shape index (κ2) is 16.9. The number of rotatable bonds is 16. The fourth-order valence-corrected chi connectivity index (χ4v) is 4.69. The summed E-state index contributed by atoms with van der Waals surface area (Å²) >= 11 is 0. The van der Waals surface area contributed by atoms with Gasteiger partial charge in [0.15, 0.2) is 0 Å². The molecule has 220 valence electrons. The van der Waals surface area contributed by atoms with E-state index in [2.05, 4.69) is 116 Å². The molecule has 41 heavy (non-hydrogen) atoms. The third kappa shape index (κ3) is 10.4. The Morgan fingerprint density at radius 1 is 1.20 bits per heavy atom. The minimum Gasteiger partial charge on any atom is -0.392 e. The second-order valence-corrected chi connectivity index (χ2v) is 10.4. The van der Waals surface area contributed by atoms with Crippen molar-refractivity contribution < 1.29 is 0 Å². The molecular formula is C34H49N7. The van der Waals surface area contributed by atoms with Gasteiger partial charge < -0.3 is 25.8 Å². The van der Waals surface area contributed by atoms with Crippen molar-refractivity contribution in [1.82, 2.24) is 20.9 Å². The van der Waals surface area contributed by atoms with Gasteiger partial charge in [-0.2, -0.15) is 0 Å². The van der Waals surface area contributed by atoms with E-state index >= 15 is 0 Å². The van der Waals surface area contributed by atoms with E-state index in [1.54, 1.807) is 12.3 Å². The molecule has 0 saturated heterocycles. The molecule has 3 N–H and O–H groups in total. The van der Waals surface area contributed by atoms with Gasteiger partial charge in [0.25, 0.3) is 0 Å². The molecule has 0 saturated carbocycles. The zero-order valence-electron chi connectivity index (χ0n) is 26.0. The predicted molar refractivity (Wildman–Crippen MR) is 180 cm³/mol.